The van der Waals surface area contributed by atoms with E-state index in [0.717, 1.165) is 36.6 Å². The predicted molar refractivity (Wildman–Crippen MR) is 78.4 cm³/mol. The molecule has 1 aliphatic heterocycles. The van der Waals surface area contributed by atoms with Gasteiger partial charge < -0.3 is 10.2 Å². The summed E-state index contributed by atoms with van der Waals surface area (Å²) < 4.78 is 0. The molecule has 19 heavy (non-hydrogen) atoms. The number of hydrogen-bond donors (Lipinski definition) is 1. The summed E-state index contributed by atoms with van der Waals surface area (Å²) in [4.78, 5) is 19.7. The standard InChI is InChI=1S/C14H23N3OS/c1-10(14-11(2)16-12(3)19-14)15-9-13(18)17-7-5-4-6-8-17/h10,15H,4-9H2,1-3H3. The Bertz CT molecular complexity index is 438. The predicted octanol–water partition coefficient (Wildman–Crippen LogP) is 2.42. The molecule has 1 amide bonds. The first-order valence-electron chi connectivity index (χ1n) is 7.03. The fourth-order valence-corrected chi connectivity index (χ4v) is 3.49. The van der Waals surface area contributed by atoms with Crippen molar-refractivity contribution in [3.8, 4) is 0 Å². The number of nitrogens with one attached hydrogen (secondary N) is 1. The second kappa shape index (κ2) is 6.48. The van der Waals surface area contributed by atoms with Crippen LogP contribution in [0.2, 0.25) is 0 Å². The molecule has 1 aromatic heterocycles. The number of rotatable bonds is 4. The van der Waals surface area contributed by atoms with Gasteiger partial charge in [0.1, 0.15) is 0 Å². The Morgan fingerprint density at radius 3 is 2.63 bits per heavy atom. The maximum Gasteiger partial charge on any atom is 0.236 e. The second-order valence-electron chi connectivity index (χ2n) is 5.23. The van der Waals surface area contributed by atoms with E-state index >= 15 is 0 Å². The van der Waals surface area contributed by atoms with Gasteiger partial charge in [0.15, 0.2) is 0 Å². The zero-order valence-electron chi connectivity index (χ0n) is 12.0. The molecule has 0 spiro atoms. The van der Waals surface area contributed by atoms with Gasteiger partial charge in [-0.3, -0.25) is 4.79 Å². The van der Waals surface area contributed by atoms with Gasteiger partial charge in [0.05, 0.1) is 17.2 Å². The Labute approximate surface area is 119 Å². The van der Waals surface area contributed by atoms with Crippen molar-refractivity contribution in [3.05, 3.63) is 15.6 Å². The van der Waals surface area contributed by atoms with E-state index in [9.17, 15) is 4.79 Å². The van der Waals surface area contributed by atoms with Crippen LogP contribution >= 0.6 is 11.3 Å². The van der Waals surface area contributed by atoms with E-state index in [0.29, 0.717) is 6.54 Å². The normalized spacial score (nSPS) is 17.5. The number of carbonyl (C=O) groups excluding carboxylic acids is 1. The molecule has 1 aromatic rings. The maximum absolute atomic E-state index is 12.1. The number of piperidine rings is 1. The molecule has 2 rings (SSSR count). The number of aromatic nitrogens is 1. The monoisotopic (exact) mass is 281 g/mol. The molecule has 1 saturated heterocycles. The molecule has 106 valence electrons. The van der Waals surface area contributed by atoms with E-state index < -0.39 is 0 Å². The molecule has 0 aromatic carbocycles. The third kappa shape index (κ3) is 3.76. The van der Waals surface area contributed by atoms with Crippen molar-refractivity contribution in [2.75, 3.05) is 19.6 Å². The van der Waals surface area contributed by atoms with Gasteiger partial charge in [-0.2, -0.15) is 0 Å². The van der Waals surface area contributed by atoms with Crippen molar-refractivity contribution in [1.82, 2.24) is 15.2 Å². The summed E-state index contributed by atoms with van der Waals surface area (Å²) in [6, 6.07) is 0.194. The van der Waals surface area contributed by atoms with E-state index in [-0.39, 0.29) is 11.9 Å². The first-order valence-corrected chi connectivity index (χ1v) is 7.84. The Morgan fingerprint density at radius 2 is 2.05 bits per heavy atom. The van der Waals surface area contributed by atoms with Gasteiger partial charge >= 0.3 is 0 Å². The van der Waals surface area contributed by atoms with Crippen LogP contribution in [0.4, 0.5) is 0 Å². The Morgan fingerprint density at radius 1 is 1.37 bits per heavy atom. The third-order valence-electron chi connectivity index (χ3n) is 3.60. The first kappa shape index (κ1) is 14.5. The topological polar surface area (TPSA) is 45.2 Å². The van der Waals surface area contributed by atoms with Crippen LogP contribution in [0.3, 0.4) is 0 Å². The molecule has 1 unspecified atom stereocenters. The Kier molecular flexibility index (Phi) is 4.93. The SMILES string of the molecule is Cc1nc(C)c(C(C)NCC(=O)N2CCCCC2)s1. The molecule has 2 heterocycles. The van der Waals surface area contributed by atoms with E-state index in [1.54, 1.807) is 11.3 Å². The molecule has 1 aliphatic rings. The molecular formula is C14H23N3OS. The number of carbonyl (C=O) groups is 1. The Balaban J connectivity index is 1.84. The number of thiazole rings is 1. The molecule has 5 heteroatoms. The summed E-state index contributed by atoms with van der Waals surface area (Å²) in [5, 5.41) is 4.42. The van der Waals surface area contributed by atoms with Crippen LogP contribution in [0.5, 0.6) is 0 Å². The molecule has 0 bridgehead atoms. The lowest BCUT2D eigenvalue weighted by atomic mass is 10.1. The van der Waals surface area contributed by atoms with Crippen LogP contribution in [0.15, 0.2) is 0 Å². The first-order chi connectivity index (χ1) is 9.08. The van der Waals surface area contributed by atoms with Gasteiger partial charge in [-0.05, 0) is 40.0 Å². The van der Waals surface area contributed by atoms with Crippen LogP contribution in [-0.4, -0.2) is 35.4 Å². The van der Waals surface area contributed by atoms with Gasteiger partial charge in [0.25, 0.3) is 0 Å². The lowest BCUT2D eigenvalue weighted by molar-refractivity contribution is -0.131. The van der Waals surface area contributed by atoms with Gasteiger partial charge in [-0.25, -0.2) is 4.98 Å². The average Bonchev–Trinajstić information content (AvgIpc) is 2.75. The molecule has 0 aliphatic carbocycles. The summed E-state index contributed by atoms with van der Waals surface area (Å²) in [5.74, 6) is 0.227. The largest absolute Gasteiger partial charge is 0.342 e. The summed E-state index contributed by atoms with van der Waals surface area (Å²) in [6.45, 7) is 8.43. The van der Waals surface area contributed by atoms with Crippen molar-refractivity contribution in [3.63, 3.8) is 0 Å². The highest BCUT2D eigenvalue weighted by Gasteiger charge is 2.18. The minimum Gasteiger partial charge on any atom is -0.342 e. The van der Waals surface area contributed by atoms with E-state index in [2.05, 4.69) is 17.2 Å². The fraction of sp³-hybridized carbons (Fsp3) is 0.714. The lowest BCUT2D eigenvalue weighted by Crippen LogP contribution is -2.41. The molecule has 0 radical (unpaired) electrons. The van der Waals surface area contributed by atoms with Crippen LogP contribution in [0, 0.1) is 13.8 Å². The van der Waals surface area contributed by atoms with Crippen molar-refractivity contribution in [2.24, 2.45) is 0 Å². The highest BCUT2D eigenvalue weighted by Crippen LogP contribution is 2.24. The lowest BCUT2D eigenvalue weighted by Gasteiger charge is -2.27. The van der Waals surface area contributed by atoms with Gasteiger partial charge in [-0.15, -0.1) is 11.3 Å². The summed E-state index contributed by atoms with van der Waals surface area (Å²) in [6.07, 6.45) is 3.55. The van der Waals surface area contributed by atoms with Crippen LogP contribution < -0.4 is 5.32 Å². The molecular weight excluding hydrogens is 258 g/mol. The summed E-state index contributed by atoms with van der Waals surface area (Å²) >= 11 is 1.71. The maximum atomic E-state index is 12.1. The smallest absolute Gasteiger partial charge is 0.236 e. The molecule has 1 atom stereocenters. The molecule has 1 fully saturated rings. The number of aryl methyl sites for hydroxylation is 2. The Hall–Kier alpha value is -0.940. The molecule has 0 saturated carbocycles. The van der Waals surface area contributed by atoms with Crippen LogP contribution in [0.1, 0.15) is 47.8 Å². The highest BCUT2D eigenvalue weighted by molar-refractivity contribution is 7.11. The third-order valence-corrected chi connectivity index (χ3v) is 4.86. The number of likely N-dealkylation sites (tertiary alicyclic amines) is 1. The number of amides is 1. The number of hydrogen-bond acceptors (Lipinski definition) is 4. The van der Waals surface area contributed by atoms with E-state index in [1.807, 2.05) is 18.7 Å². The van der Waals surface area contributed by atoms with Crippen molar-refractivity contribution < 1.29 is 4.79 Å². The number of nitrogens with zero attached hydrogens (tertiary/aromatic N) is 2. The highest BCUT2D eigenvalue weighted by atomic mass is 32.1. The quantitative estimate of drug-likeness (QED) is 0.922. The van der Waals surface area contributed by atoms with Crippen LogP contribution in [0.25, 0.3) is 0 Å². The van der Waals surface area contributed by atoms with E-state index in [4.69, 9.17) is 0 Å². The zero-order chi connectivity index (χ0) is 13.8. The minimum atomic E-state index is 0.194. The minimum absolute atomic E-state index is 0.194. The fourth-order valence-electron chi connectivity index (χ4n) is 2.54. The zero-order valence-corrected chi connectivity index (χ0v) is 12.8. The van der Waals surface area contributed by atoms with Crippen molar-refractivity contribution in [2.45, 2.75) is 46.1 Å². The molecule has 4 nitrogen and oxygen atoms in total. The van der Waals surface area contributed by atoms with Crippen molar-refractivity contribution in [1.29, 1.82) is 0 Å². The van der Waals surface area contributed by atoms with Crippen molar-refractivity contribution >= 4 is 17.2 Å². The van der Waals surface area contributed by atoms with Crippen LogP contribution in [-0.2, 0) is 4.79 Å². The summed E-state index contributed by atoms with van der Waals surface area (Å²) in [7, 11) is 0. The molecule has 1 N–H and O–H groups in total. The average molecular weight is 281 g/mol. The van der Waals surface area contributed by atoms with Gasteiger partial charge in [0.2, 0.25) is 5.91 Å². The van der Waals surface area contributed by atoms with E-state index in [1.165, 1.54) is 11.3 Å². The van der Waals surface area contributed by atoms with Gasteiger partial charge in [0, 0.05) is 24.0 Å². The second-order valence-corrected chi connectivity index (χ2v) is 6.46. The summed E-state index contributed by atoms with van der Waals surface area (Å²) in [5.41, 5.74) is 1.08. The van der Waals surface area contributed by atoms with Gasteiger partial charge in [-0.1, -0.05) is 0 Å².